The van der Waals surface area contributed by atoms with Gasteiger partial charge in [0.15, 0.2) is 0 Å². The topological polar surface area (TPSA) is 79.0 Å². The predicted molar refractivity (Wildman–Crippen MR) is 105 cm³/mol. The number of benzene rings is 1. The van der Waals surface area contributed by atoms with Crippen molar-refractivity contribution < 1.29 is 19.1 Å². The van der Waals surface area contributed by atoms with E-state index in [4.69, 9.17) is 4.74 Å². The zero-order valence-corrected chi connectivity index (χ0v) is 16.1. The van der Waals surface area contributed by atoms with Crippen molar-refractivity contribution in [2.45, 2.75) is 51.0 Å². The molecule has 3 fully saturated rings. The molecule has 2 heterocycles. The summed E-state index contributed by atoms with van der Waals surface area (Å²) in [5, 5.41) is 2.94. The number of carbonyl (C=O) groups is 3. The molecule has 28 heavy (non-hydrogen) atoms. The lowest BCUT2D eigenvalue weighted by atomic mass is 9.88. The molecule has 1 aromatic carbocycles. The molecule has 2 aliphatic heterocycles. The van der Waals surface area contributed by atoms with Crippen molar-refractivity contribution in [3.63, 3.8) is 0 Å². The van der Waals surface area contributed by atoms with Gasteiger partial charge in [0, 0.05) is 23.8 Å². The van der Waals surface area contributed by atoms with E-state index in [2.05, 4.69) is 5.32 Å². The molecule has 150 valence electrons. The number of cyclic esters (lactones) is 1. The number of ether oxygens (including phenoxy) is 1. The average Bonchev–Trinajstić information content (AvgIpc) is 3.37. The quantitative estimate of drug-likeness (QED) is 0.864. The van der Waals surface area contributed by atoms with Gasteiger partial charge in [-0.3, -0.25) is 14.5 Å². The molecule has 1 aromatic rings. The van der Waals surface area contributed by atoms with Crippen LogP contribution in [0.15, 0.2) is 24.3 Å². The summed E-state index contributed by atoms with van der Waals surface area (Å²) in [5.74, 6) is 0.0698. The number of rotatable bonds is 4. The maximum Gasteiger partial charge on any atom is 0.414 e. The number of likely N-dealkylation sites (tertiary alicyclic amines) is 1. The minimum atomic E-state index is -0.408. The third-order valence-corrected chi connectivity index (χ3v) is 5.98. The fraction of sp³-hybridized carbons (Fsp3) is 0.571. The zero-order valence-electron chi connectivity index (χ0n) is 16.1. The van der Waals surface area contributed by atoms with E-state index in [1.165, 1.54) is 6.42 Å². The molecule has 7 nitrogen and oxygen atoms in total. The maximum atomic E-state index is 12.9. The van der Waals surface area contributed by atoms with Crippen LogP contribution in [-0.4, -0.2) is 48.5 Å². The molecular weight excluding hydrogens is 358 g/mol. The Bertz CT molecular complexity index is 760. The van der Waals surface area contributed by atoms with Crippen LogP contribution in [0.3, 0.4) is 0 Å². The molecule has 1 atom stereocenters. The van der Waals surface area contributed by atoms with Crippen molar-refractivity contribution in [1.29, 1.82) is 0 Å². The molecule has 0 radical (unpaired) electrons. The Labute approximate surface area is 165 Å². The van der Waals surface area contributed by atoms with Gasteiger partial charge in [0.05, 0.1) is 6.54 Å². The van der Waals surface area contributed by atoms with Crippen LogP contribution in [0, 0.1) is 5.92 Å². The third-order valence-electron chi connectivity index (χ3n) is 5.98. The molecule has 3 aliphatic rings. The molecule has 0 aromatic heterocycles. The van der Waals surface area contributed by atoms with Crippen LogP contribution in [0.25, 0.3) is 0 Å². The fourth-order valence-electron chi connectivity index (χ4n) is 4.49. The lowest BCUT2D eigenvalue weighted by Crippen LogP contribution is -2.46. The lowest BCUT2D eigenvalue weighted by Gasteiger charge is -2.30. The van der Waals surface area contributed by atoms with Gasteiger partial charge in [-0.15, -0.1) is 0 Å². The van der Waals surface area contributed by atoms with Gasteiger partial charge < -0.3 is 15.0 Å². The summed E-state index contributed by atoms with van der Waals surface area (Å²) in [6.07, 6.45) is 6.48. The second-order valence-electron chi connectivity index (χ2n) is 7.83. The molecule has 1 unspecified atom stereocenters. The molecule has 1 aliphatic carbocycles. The van der Waals surface area contributed by atoms with E-state index in [9.17, 15) is 14.4 Å². The van der Waals surface area contributed by atoms with E-state index in [1.807, 2.05) is 6.07 Å². The maximum absolute atomic E-state index is 12.9. The lowest BCUT2D eigenvalue weighted by molar-refractivity contribution is -0.141. The van der Waals surface area contributed by atoms with Crippen molar-refractivity contribution >= 4 is 29.3 Å². The van der Waals surface area contributed by atoms with Gasteiger partial charge in [0.2, 0.25) is 11.8 Å². The van der Waals surface area contributed by atoms with E-state index in [0.717, 1.165) is 32.1 Å². The van der Waals surface area contributed by atoms with Crippen molar-refractivity contribution in [3.05, 3.63) is 24.3 Å². The Kier molecular flexibility index (Phi) is 5.50. The second-order valence-corrected chi connectivity index (χ2v) is 7.83. The Morgan fingerprint density at radius 1 is 1.04 bits per heavy atom. The predicted octanol–water partition coefficient (Wildman–Crippen LogP) is 3.15. The van der Waals surface area contributed by atoms with Gasteiger partial charge >= 0.3 is 6.09 Å². The van der Waals surface area contributed by atoms with Gasteiger partial charge in [-0.25, -0.2) is 4.79 Å². The van der Waals surface area contributed by atoms with E-state index in [0.29, 0.717) is 37.5 Å². The van der Waals surface area contributed by atoms with Crippen LogP contribution in [0.2, 0.25) is 0 Å². The van der Waals surface area contributed by atoms with Crippen LogP contribution < -0.4 is 10.2 Å². The minimum absolute atomic E-state index is 0.0756. The summed E-state index contributed by atoms with van der Waals surface area (Å²) in [6.45, 7) is 1.53. The summed E-state index contributed by atoms with van der Waals surface area (Å²) >= 11 is 0. The Morgan fingerprint density at radius 2 is 1.86 bits per heavy atom. The number of hydrogen-bond acceptors (Lipinski definition) is 4. The smallest absolute Gasteiger partial charge is 0.414 e. The van der Waals surface area contributed by atoms with Gasteiger partial charge in [-0.1, -0.05) is 25.3 Å². The van der Waals surface area contributed by atoms with Crippen LogP contribution in [0.4, 0.5) is 16.2 Å². The molecule has 0 bridgehead atoms. The minimum Gasteiger partial charge on any atom is -0.447 e. The van der Waals surface area contributed by atoms with Crippen LogP contribution >= 0.6 is 0 Å². The molecule has 0 spiro atoms. The van der Waals surface area contributed by atoms with Gasteiger partial charge in [-0.2, -0.15) is 0 Å². The van der Waals surface area contributed by atoms with E-state index >= 15 is 0 Å². The molecule has 7 heteroatoms. The van der Waals surface area contributed by atoms with Gasteiger partial charge in [-0.05, 0) is 43.9 Å². The highest BCUT2D eigenvalue weighted by molar-refractivity contribution is 5.98. The molecule has 1 saturated carbocycles. The van der Waals surface area contributed by atoms with Crippen LogP contribution in [0.1, 0.15) is 44.9 Å². The normalized spacial score (nSPS) is 23.0. The number of nitrogens with zero attached hydrogens (tertiary/aromatic N) is 2. The Morgan fingerprint density at radius 3 is 2.61 bits per heavy atom. The summed E-state index contributed by atoms with van der Waals surface area (Å²) in [7, 11) is 0. The highest BCUT2D eigenvalue weighted by Gasteiger charge is 2.37. The van der Waals surface area contributed by atoms with Gasteiger partial charge in [0.1, 0.15) is 12.6 Å². The summed E-state index contributed by atoms with van der Waals surface area (Å²) in [4.78, 5) is 40.9. The molecule has 1 N–H and O–H groups in total. The molecule has 3 amide bonds. The van der Waals surface area contributed by atoms with Crippen molar-refractivity contribution in [2.75, 3.05) is 29.9 Å². The van der Waals surface area contributed by atoms with Crippen LogP contribution in [-0.2, 0) is 14.3 Å². The largest absolute Gasteiger partial charge is 0.447 e. The SMILES string of the molecule is O=C(Nc1cccc(N2CCOC2=O)c1)C1CCCN1C(=O)C1CCCCC1. The number of amides is 3. The molecule has 4 rings (SSSR count). The summed E-state index contributed by atoms with van der Waals surface area (Å²) < 4.78 is 4.98. The highest BCUT2D eigenvalue weighted by atomic mass is 16.6. The first kappa shape index (κ1) is 18.8. The first-order valence-corrected chi connectivity index (χ1v) is 10.3. The standard InChI is InChI=1S/C21H27N3O4/c25-19(18-10-5-11-24(18)20(26)15-6-2-1-3-7-15)22-16-8-4-9-17(14-16)23-12-13-28-21(23)27/h4,8-9,14-15,18H,1-3,5-7,10-13H2,(H,22,25). The van der Waals surface area contributed by atoms with Crippen molar-refractivity contribution in [3.8, 4) is 0 Å². The third kappa shape index (κ3) is 3.84. The van der Waals surface area contributed by atoms with Crippen molar-refractivity contribution in [2.24, 2.45) is 5.92 Å². The van der Waals surface area contributed by atoms with Crippen LogP contribution in [0.5, 0.6) is 0 Å². The van der Waals surface area contributed by atoms with E-state index in [1.54, 1.807) is 28.0 Å². The van der Waals surface area contributed by atoms with E-state index < -0.39 is 6.04 Å². The first-order valence-electron chi connectivity index (χ1n) is 10.3. The number of anilines is 2. The van der Waals surface area contributed by atoms with Crippen molar-refractivity contribution in [1.82, 2.24) is 4.90 Å². The number of carbonyl (C=O) groups excluding carboxylic acids is 3. The Balaban J connectivity index is 1.42. The van der Waals surface area contributed by atoms with E-state index in [-0.39, 0.29) is 23.8 Å². The molecular formula is C21H27N3O4. The fourth-order valence-corrected chi connectivity index (χ4v) is 4.49. The highest BCUT2D eigenvalue weighted by Crippen LogP contribution is 2.29. The zero-order chi connectivity index (χ0) is 19.5. The average molecular weight is 385 g/mol. The summed E-state index contributed by atoms with van der Waals surface area (Å²) in [5.41, 5.74) is 1.32. The van der Waals surface area contributed by atoms with Gasteiger partial charge in [0.25, 0.3) is 0 Å². The number of hydrogen-bond donors (Lipinski definition) is 1. The second kappa shape index (κ2) is 8.20. The Hall–Kier alpha value is -2.57. The number of nitrogens with one attached hydrogen (secondary N) is 1. The molecule has 2 saturated heterocycles. The summed E-state index contributed by atoms with van der Waals surface area (Å²) in [6, 6.07) is 6.78. The first-order chi connectivity index (χ1) is 13.6. The monoisotopic (exact) mass is 385 g/mol.